The quantitative estimate of drug-likeness (QED) is 0.535. The lowest BCUT2D eigenvalue weighted by molar-refractivity contribution is 0.244. The fourth-order valence-corrected chi connectivity index (χ4v) is 4.43. The zero-order valence-electron chi connectivity index (χ0n) is 18.4. The standard InChI is InChI=1S/C23H29FN6O2/c1-3-17-20-14(12-26-21(17)25-2)13-30(23(32)29-20)16-9-10-18(24)19(11-16)28-22(31)27-15-7-5-4-6-8-15/h9-12,15H,3-8,13H2,1-2H3,(H,25,26)(H,29,32)(H2,27,28,31). The smallest absolute Gasteiger partial charge is 0.326 e. The summed E-state index contributed by atoms with van der Waals surface area (Å²) in [6, 6.07) is 3.63. The Morgan fingerprint density at radius 2 is 2.06 bits per heavy atom. The van der Waals surface area contributed by atoms with Crippen LogP contribution in [0.3, 0.4) is 0 Å². The zero-order valence-corrected chi connectivity index (χ0v) is 18.4. The Morgan fingerprint density at radius 3 is 2.78 bits per heavy atom. The lowest BCUT2D eigenvalue weighted by Crippen LogP contribution is -2.40. The molecule has 1 aromatic carbocycles. The summed E-state index contributed by atoms with van der Waals surface area (Å²) < 4.78 is 14.4. The van der Waals surface area contributed by atoms with Crippen molar-refractivity contribution < 1.29 is 14.0 Å². The first-order valence-electron chi connectivity index (χ1n) is 11.1. The predicted molar refractivity (Wildman–Crippen MR) is 124 cm³/mol. The van der Waals surface area contributed by atoms with Crippen molar-refractivity contribution in [2.24, 2.45) is 0 Å². The maximum atomic E-state index is 14.4. The van der Waals surface area contributed by atoms with E-state index in [0.29, 0.717) is 18.7 Å². The van der Waals surface area contributed by atoms with E-state index in [9.17, 15) is 14.0 Å². The Kier molecular flexibility index (Phi) is 6.43. The first-order chi connectivity index (χ1) is 15.5. The Hall–Kier alpha value is -3.36. The molecule has 2 aliphatic rings. The molecule has 0 spiro atoms. The average molecular weight is 441 g/mol. The van der Waals surface area contributed by atoms with Gasteiger partial charge in [-0.1, -0.05) is 26.2 Å². The first-order valence-corrected chi connectivity index (χ1v) is 11.1. The van der Waals surface area contributed by atoms with Crippen LogP contribution >= 0.6 is 0 Å². The molecule has 2 aromatic rings. The maximum absolute atomic E-state index is 14.4. The highest BCUT2D eigenvalue weighted by atomic mass is 19.1. The molecule has 9 heteroatoms. The van der Waals surface area contributed by atoms with E-state index in [2.05, 4.69) is 26.3 Å². The Morgan fingerprint density at radius 1 is 1.28 bits per heavy atom. The Bertz CT molecular complexity index is 1020. The highest BCUT2D eigenvalue weighted by Gasteiger charge is 2.28. The van der Waals surface area contributed by atoms with Gasteiger partial charge in [-0.3, -0.25) is 4.90 Å². The number of carbonyl (C=O) groups excluding carboxylic acids is 2. The van der Waals surface area contributed by atoms with E-state index in [1.54, 1.807) is 13.2 Å². The number of rotatable bonds is 5. The van der Waals surface area contributed by atoms with Gasteiger partial charge in [-0.25, -0.2) is 19.0 Å². The van der Waals surface area contributed by atoms with Gasteiger partial charge in [0.15, 0.2) is 0 Å². The van der Waals surface area contributed by atoms with Crippen LogP contribution < -0.4 is 26.2 Å². The molecule has 0 atom stereocenters. The van der Waals surface area contributed by atoms with Gasteiger partial charge in [-0.2, -0.15) is 0 Å². The number of anilines is 4. The van der Waals surface area contributed by atoms with Crippen molar-refractivity contribution >= 4 is 34.9 Å². The number of pyridine rings is 1. The van der Waals surface area contributed by atoms with Gasteiger partial charge in [-0.15, -0.1) is 0 Å². The lowest BCUT2D eigenvalue weighted by atomic mass is 9.96. The molecule has 0 radical (unpaired) electrons. The van der Waals surface area contributed by atoms with Crippen LogP contribution in [0.15, 0.2) is 24.4 Å². The van der Waals surface area contributed by atoms with E-state index < -0.39 is 11.8 Å². The fraction of sp³-hybridized carbons (Fsp3) is 0.435. The van der Waals surface area contributed by atoms with Crippen LogP contribution in [0.1, 0.15) is 50.2 Å². The van der Waals surface area contributed by atoms with Crippen molar-refractivity contribution in [1.82, 2.24) is 10.3 Å². The van der Waals surface area contributed by atoms with Crippen LogP contribution in [0.4, 0.5) is 36.9 Å². The zero-order chi connectivity index (χ0) is 22.7. The summed E-state index contributed by atoms with van der Waals surface area (Å²) in [5.74, 6) is 0.177. The van der Waals surface area contributed by atoms with Crippen LogP contribution in [-0.4, -0.2) is 30.1 Å². The number of halogens is 1. The van der Waals surface area contributed by atoms with Crippen LogP contribution in [0, 0.1) is 5.82 Å². The van der Waals surface area contributed by atoms with Crippen molar-refractivity contribution in [3.63, 3.8) is 0 Å². The van der Waals surface area contributed by atoms with Crippen LogP contribution in [-0.2, 0) is 13.0 Å². The van der Waals surface area contributed by atoms with Crippen LogP contribution in [0.2, 0.25) is 0 Å². The first kappa shape index (κ1) is 21.9. The van der Waals surface area contributed by atoms with Gasteiger partial charge in [0, 0.05) is 36.1 Å². The van der Waals surface area contributed by atoms with Gasteiger partial charge in [0.05, 0.1) is 17.9 Å². The summed E-state index contributed by atoms with van der Waals surface area (Å²) in [5.41, 5.74) is 3.10. The summed E-state index contributed by atoms with van der Waals surface area (Å²) in [6.07, 6.45) is 7.68. The molecular weight excluding hydrogens is 411 g/mol. The largest absolute Gasteiger partial charge is 0.373 e. The second kappa shape index (κ2) is 9.42. The minimum Gasteiger partial charge on any atom is -0.373 e. The number of nitrogens with zero attached hydrogens (tertiary/aromatic N) is 2. The normalized spacial score (nSPS) is 16.2. The third-order valence-corrected chi connectivity index (χ3v) is 6.10. The number of benzene rings is 1. The number of aromatic nitrogens is 1. The van der Waals surface area contributed by atoms with Gasteiger partial charge in [0.25, 0.3) is 0 Å². The fourth-order valence-electron chi connectivity index (χ4n) is 4.43. The summed E-state index contributed by atoms with van der Waals surface area (Å²) in [7, 11) is 1.79. The van der Waals surface area contributed by atoms with E-state index in [4.69, 9.17) is 0 Å². The number of hydrogen-bond acceptors (Lipinski definition) is 4. The number of hydrogen-bond donors (Lipinski definition) is 4. The van der Waals surface area contributed by atoms with Crippen molar-refractivity contribution in [2.45, 2.75) is 58.0 Å². The molecule has 4 N–H and O–H groups in total. The van der Waals surface area contributed by atoms with E-state index in [1.807, 2.05) is 6.92 Å². The number of fused-ring (bicyclic) bond motifs is 1. The maximum Gasteiger partial charge on any atom is 0.326 e. The number of amides is 4. The molecule has 32 heavy (non-hydrogen) atoms. The van der Waals surface area contributed by atoms with Gasteiger partial charge < -0.3 is 21.3 Å². The van der Waals surface area contributed by atoms with E-state index in [0.717, 1.165) is 48.3 Å². The second-order valence-electron chi connectivity index (χ2n) is 8.20. The Balaban J connectivity index is 1.53. The monoisotopic (exact) mass is 440 g/mol. The van der Waals surface area contributed by atoms with Gasteiger partial charge in [0.2, 0.25) is 0 Å². The Labute approximate surface area is 187 Å². The number of nitrogens with one attached hydrogen (secondary N) is 4. The van der Waals surface area contributed by atoms with Gasteiger partial charge in [0.1, 0.15) is 11.6 Å². The average Bonchev–Trinajstić information content (AvgIpc) is 2.80. The molecule has 4 amide bonds. The number of urea groups is 2. The topological polar surface area (TPSA) is 98.4 Å². The SMILES string of the molecule is CCc1c(NC)ncc2c1NC(=O)N(c1ccc(F)c(NC(=O)NC3CCCCC3)c1)C2. The molecule has 1 aliphatic heterocycles. The molecule has 1 aromatic heterocycles. The molecule has 0 saturated heterocycles. The van der Waals surface area contributed by atoms with Crippen LogP contribution in [0.5, 0.6) is 0 Å². The highest BCUT2D eigenvalue weighted by molar-refractivity contribution is 6.05. The molecule has 1 saturated carbocycles. The predicted octanol–water partition coefficient (Wildman–Crippen LogP) is 4.83. The van der Waals surface area contributed by atoms with Crippen molar-refractivity contribution in [3.8, 4) is 0 Å². The van der Waals surface area contributed by atoms with Crippen molar-refractivity contribution in [3.05, 3.63) is 41.3 Å². The lowest BCUT2D eigenvalue weighted by Gasteiger charge is -2.31. The van der Waals surface area contributed by atoms with E-state index in [1.165, 1.54) is 29.5 Å². The molecule has 0 unspecified atom stereocenters. The molecule has 0 bridgehead atoms. The van der Waals surface area contributed by atoms with E-state index >= 15 is 0 Å². The summed E-state index contributed by atoms with van der Waals surface area (Å²) >= 11 is 0. The molecular formula is C23H29FN6O2. The third kappa shape index (κ3) is 4.46. The summed E-state index contributed by atoms with van der Waals surface area (Å²) in [4.78, 5) is 31.2. The minimum absolute atomic E-state index is 0.0345. The van der Waals surface area contributed by atoms with Crippen LogP contribution in [0.25, 0.3) is 0 Å². The number of carbonyl (C=O) groups is 2. The van der Waals surface area contributed by atoms with Gasteiger partial charge >= 0.3 is 12.1 Å². The molecule has 1 aliphatic carbocycles. The van der Waals surface area contributed by atoms with Crippen molar-refractivity contribution in [2.75, 3.05) is 27.9 Å². The summed E-state index contributed by atoms with van der Waals surface area (Å²) in [6.45, 7) is 2.30. The highest BCUT2D eigenvalue weighted by Crippen LogP contribution is 2.34. The van der Waals surface area contributed by atoms with Crippen molar-refractivity contribution in [1.29, 1.82) is 0 Å². The second-order valence-corrected chi connectivity index (χ2v) is 8.20. The summed E-state index contributed by atoms with van der Waals surface area (Å²) in [5, 5.41) is 11.5. The van der Waals surface area contributed by atoms with E-state index in [-0.39, 0.29) is 17.8 Å². The molecule has 8 nitrogen and oxygen atoms in total. The molecule has 2 heterocycles. The molecule has 4 rings (SSSR count). The minimum atomic E-state index is -0.557. The molecule has 170 valence electrons. The molecule has 1 fully saturated rings. The van der Waals surface area contributed by atoms with Gasteiger partial charge in [-0.05, 0) is 37.5 Å². The third-order valence-electron chi connectivity index (χ3n) is 6.10.